The van der Waals surface area contributed by atoms with Gasteiger partial charge < -0.3 is 24.2 Å². The number of aryl methyl sites for hydroxylation is 1. The van der Waals surface area contributed by atoms with Gasteiger partial charge in [-0.15, -0.1) is 11.8 Å². The van der Waals surface area contributed by atoms with Gasteiger partial charge in [-0.3, -0.25) is 9.59 Å². The average molecular weight is 469 g/mol. The molecule has 2 heterocycles. The molecule has 4 rings (SSSR count). The molecule has 1 aliphatic rings. The zero-order valence-corrected chi connectivity index (χ0v) is 19.2. The van der Waals surface area contributed by atoms with E-state index in [-0.39, 0.29) is 18.4 Å². The highest BCUT2D eigenvalue weighted by molar-refractivity contribution is 7.98. The van der Waals surface area contributed by atoms with Crippen molar-refractivity contribution >= 4 is 29.3 Å². The summed E-state index contributed by atoms with van der Waals surface area (Å²) in [5, 5.41) is 6.72. The molecule has 0 atom stereocenters. The van der Waals surface area contributed by atoms with Gasteiger partial charge in [0, 0.05) is 30.1 Å². The monoisotopic (exact) mass is 468 g/mol. The van der Waals surface area contributed by atoms with Crippen LogP contribution in [0.3, 0.4) is 0 Å². The van der Waals surface area contributed by atoms with Crippen LogP contribution in [0.4, 0.5) is 5.69 Å². The molecule has 2 aromatic carbocycles. The summed E-state index contributed by atoms with van der Waals surface area (Å²) >= 11 is 1.45. The van der Waals surface area contributed by atoms with Crippen LogP contribution in [0.25, 0.3) is 0 Å². The number of anilines is 1. The Hall–Kier alpha value is -3.53. The minimum Gasteiger partial charge on any atom is -0.486 e. The largest absolute Gasteiger partial charge is 0.486 e. The fraction of sp³-hybridized carbons (Fsp3) is 0.304. The van der Waals surface area contributed by atoms with Crippen molar-refractivity contribution < 1.29 is 23.6 Å². The van der Waals surface area contributed by atoms with Crippen LogP contribution in [0.5, 0.6) is 11.5 Å². The van der Waals surface area contributed by atoms with Gasteiger partial charge in [-0.25, -0.2) is 0 Å². The number of hydrogen-bond donors (Lipinski definition) is 1. The molecular formula is C23H24N4O5S. The lowest BCUT2D eigenvalue weighted by Crippen LogP contribution is -2.38. The lowest BCUT2D eigenvalue weighted by molar-refractivity contribution is -0.116. The molecular weight excluding hydrogens is 444 g/mol. The van der Waals surface area contributed by atoms with Crippen LogP contribution in [-0.4, -0.2) is 53.2 Å². The Balaban J connectivity index is 1.41. The van der Waals surface area contributed by atoms with Crippen LogP contribution in [0.2, 0.25) is 0 Å². The topological polar surface area (TPSA) is 107 Å². The third kappa shape index (κ3) is 5.64. The van der Waals surface area contributed by atoms with Gasteiger partial charge in [0.25, 0.3) is 5.91 Å². The first-order chi connectivity index (χ1) is 16.0. The molecule has 0 fully saturated rings. The van der Waals surface area contributed by atoms with E-state index in [1.165, 1.54) is 16.7 Å². The molecule has 0 spiro atoms. The summed E-state index contributed by atoms with van der Waals surface area (Å²) < 4.78 is 16.1. The molecule has 1 N–H and O–H groups in total. The molecule has 2 amide bonds. The number of rotatable bonds is 8. The van der Waals surface area contributed by atoms with Crippen molar-refractivity contribution in [2.24, 2.45) is 0 Å². The van der Waals surface area contributed by atoms with Crippen LogP contribution in [-0.2, 0) is 10.5 Å². The van der Waals surface area contributed by atoms with Gasteiger partial charge in [-0.2, -0.15) is 4.98 Å². The minimum absolute atomic E-state index is 0.0766. The molecule has 0 saturated carbocycles. The Labute approximate surface area is 195 Å². The number of ether oxygens (including phenoxy) is 2. The normalized spacial score (nSPS) is 12.3. The Bertz CT molecular complexity index is 1150. The van der Waals surface area contributed by atoms with E-state index in [9.17, 15) is 9.59 Å². The molecule has 9 nitrogen and oxygen atoms in total. The number of hydrogen-bond acceptors (Lipinski definition) is 8. The summed E-state index contributed by atoms with van der Waals surface area (Å²) in [5.41, 5.74) is 1.11. The highest BCUT2D eigenvalue weighted by Crippen LogP contribution is 2.32. The van der Waals surface area contributed by atoms with E-state index in [2.05, 4.69) is 15.5 Å². The predicted octanol–water partition coefficient (Wildman–Crippen LogP) is 3.54. The van der Waals surface area contributed by atoms with Crippen molar-refractivity contribution in [3.8, 4) is 11.5 Å². The maximum absolute atomic E-state index is 13.2. The molecule has 0 aliphatic carbocycles. The van der Waals surface area contributed by atoms with Gasteiger partial charge in [0.05, 0.1) is 11.3 Å². The number of likely N-dealkylation sites (N-methyl/N-ethyl adjacent to an activating group) is 1. The second-order valence-corrected chi connectivity index (χ2v) is 8.26. The van der Waals surface area contributed by atoms with Crippen molar-refractivity contribution in [1.82, 2.24) is 15.0 Å². The van der Waals surface area contributed by atoms with Gasteiger partial charge in [-0.1, -0.05) is 17.3 Å². The van der Waals surface area contributed by atoms with Gasteiger partial charge in [0.2, 0.25) is 11.8 Å². The number of benzene rings is 2. The first-order valence-electron chi connectivity index (χ1n) is 10.5. The fourth-order valence-electron chi connectivity index (χ4n) is 3.30. The number of nitrogens with one attached hydrogen (secondary N) is 1. The second-order valence-electron chi connectivity index (χ2n) is 7.24. The summed E-state index contributed by atoms with van der Waals surface area (Å²) in [4.78, 5) is 32.4. The minimum atomic E-state index is -0.297. The van der Waals surface area contributed by atoms with Gasteiger partial charge in [-0.05, 0) is 31.2 Å². The molecule has 0 bridgehead atoms. The average Bonchev–Trinajstić information content (AvgIpc) is 3.26. The van der Waals surface area contributed by atoms with E-state index in [1.54, 1.807) is 37.3 Å². The van der Waals surface area contributed by atoms with E-state index < -0.39 is 0 Å². The Morgan fingerprint density at radius 1 is 1.12 bits per heavy atom. The maximum atomic E-state index is 13.2. The standard InChI is InChI=1S/C23H24N4O5S/c1-3-27(13-22(28)25-16-8-9-18-19(12-16)31-11-10-30-18)23(29)17-6-4-5-7-20(17)33-14-21-24-15(2)32-26-21/h4-9,12H,3,10-11,13-14H2,1-2H3,(H,25,28). The molecule has 10 heteroatoms. The van der Waals surface area contributed by atoms with Crippen molar-refractivity contribution in [1.29, 1.82) is 0 Å². The zero-order chi connectivity index (χ0) is 23.2. The molecule has 1 aliphatic heterocycles. The van der Waals surface area contributed by atoms with Gasteiger partial charge in [0.15, 0.2) is 17.3 Å². The van der Waals surface area contributed by atoms with E-state index in [0.29, 0.717) is 60.0 Å². The Morgan fingerprint density at radius 3 is 2.67 bits per heavy atom. The quantitative estimate of drug-likeness (QED) is 0.500. The number of carbonyl (C=O) groups excluding carboxylic acids is 2. The van der Waals surface area contributed by atoms with Crippen molar-refractivity contribution in [3.63, 3.8) is 0 Å². The van der Waals surface area contributed by atoms with E-state index in [4.69, 9.17) is 14.0 Å². The first kappa shape index (κ1) is 22.7. The van der Waals surface area contributed by atoms with Gasteiger partial charge in [0.1, 0.15) is 19.8 Å². The Kier molecular flexibility index (Phi) is 7.13. The smallest absolute Gasteiger partial charge is 0.255 e. The van der Waals surface area contributed by atoms with Crippen LogP contribution in [0, 0.1) is 6.92 Å². The Morgan fingerprint density at radius 2 is 1.91 bits per heavy atom. The zero-order valence-electron chi connectivity index (χ0n) is 18.4. The second kappa shape index (κ2) is 10.4. The van der Waals surface area contributed by atoms with Crippen LogP contribution in [0.15, 0.2) is 51.9 Å². The van der Waals surface area contributed by atoms with Gasteiger partial charge >= 0.3 is 0 Å². The third-order valence-electron chi connectivity index (χ3n) is 4.87. The number of aromatic nitrogens is 2. The summed E-state index contributed by atoms with van der Waals surface area (Å²) in [7, 11) is 0. The molecule has 172 valence electrons. The number of thioether (sulfide) groups is 1. The van der Waals surface area contributed by atoms with E-state index in [1.807, 2.05) is 19.1 Å². The number of fused-ring (bicyclic) bond motifs is 1. The first-order valence-corrected chi connectivity index (χ1v) is 11.5. The van der Waals surface area contributed by atoms with Crippen LogP contribution < -0.4 is 14.8 Å². The summed E-state index contributed by atoms with van der Waals surface area (Å²) in [6, 6.07) is 12.5. The van der Waals surface area contributed by atoms with Crippen molar-refractivity contribution in [3.05, 3.63) is 59.7 Å². The predicted molar refractivity (Wildman–Crippen MR) is 123 cm³/mol. The molecule has 1 aromatic heterocycles. The van der Waals surface area contributed by atoms with E-state index >= 15 is 0 Å². The lowest BCUT2D eigenvalue weighted by atomic mass is 10.2. The number of nitrogens with zero attached hydrogens (tertiary/aromatic N) is 3. The van der Waals surface area contributed by atoms with Crippen LogP contribution in [0.1, 0.15) is 29.0 Å². The third-order valence-corrected chi connectivity index (χ3v) is 5.94. The lowest BCUT2D eigenvalue weighted by Gasteiger charge is -2.22. The number of carbonyl (C=O) groups is 2. The molecule has 3 aromatic rings. The van der Waals surface area contributed by atoms with Crippen molar-refractivity contribution in [2.75, 3.05) is 31.6 Å². The highest BCUT2D eigenvalue weighted by Gasteiger charge is 2.21. The SMILES string of the molecule is CCN(CC(=O)Nc1ccc2c(c1)OCCO2)C(=O)c1ccccc1SCc1noc(C)n1. The molecule has 0 unspecified atom stereocenters. The van der Waals surface area contributed by atoms with Crippen molar-refractivity contribution in [2.45, 2.75) is 24.5 Å². The fourth-order valence-corrected chi connectivity index (χ4v) is 4.19. The molecule has 0 saturated heterocycles. The highest BCUT2D eigenvalue weighted by atomic mass is 32.2. The summed E-state index contributed by atoms with van der Waals surface area (Å²) in [6.07, 6.45) is 0. The van der Waals surface area contributed by atoms with E-state index in [0.717, 1.165) is 4.90 Å². The summed E-state index contributed by atoms with van der Waals surface area (Å²) in [5.74, 6) is 2.25. The maximum Gasteiger partial charge on any atom is 0.255 e. The number of amides is 2. The van der Waals surface area contributed by atoms with Crippen LogP contribution >= 0.6 is 11.8 Å². The summed E-state index contributed by atoms with van der Waals surface area (Å²) in [6.45, 7) is 4.84. The molecule has 33 heavy (non-hydrogen) atoms. The molecule has 0 radical (unpaired) electrons.